The highest BCUT2D eigenvalue weighted by atomic mass is 16.5. The minimum absolute atomic E-state index is 0.000137. The SMILES string of the molecule is CCCCNC(=O)COCCOCCNC(=O)COCCOCCNC(=O)COCCOCCNC(=O)COCCOCCNC(=O)CC. The first-order valence-electron chi connectivity index (χ1n) is 16.8. The van der Waals surface area contributed by atoms with Crippen molar-refractivity contribution >= 4 is 29.5 Å². The molecule has 0 saturated carbocycles. The van der Waals surface area contributed by atoms with Crippen LogP contribution in [-0.2, 0) is 61.9 Å². The fraction of sp³-hybridized carbons (Fsp3) is 0.839. The van der Waals surface area contributed by atoms with Crippen molar-refractivity contribution in [3.63, 3.8) is 0 Å². The molecule has 5 amide bonds. The van der Waals surface area contributed by atoms with Gasteiger partial charge in [0.1, 0.15) is 26.4 Å². The van der Waals surface area contributed by atoms with Crippen molar-refractivity contribution in [2.45, 2.75) is 33.1 Å². The lowest BCUT2D eigenvalue weighted by atomic mass is 10.3. The van der Waals surface area contributed by atoms with Crippen molar-refractivity contribution in [3.05, 3.63) is 0 Å². The molecule has 0 heterocycles. The van der Waals surface area contributed by atoms with Crippen molar-refractivity contribution in [3.8, 4) is 0 Å². The molecule has 5 N–H and O–H groups in total. The maximum absolute atomic E-state index is 11.8. The van der Waals surface area contributed by atoms with Crippen molar-refractivity contribution < 1.29 is 61.9 Å². The second-order valence-electron chi connectivity index (χ2n) is 10.1. The Morgan fingerprint density at radius 2 is 0.612 bits per heavy atom. The number of nitrogens with one attached hydrogen (secondary N) is 5. The molecule has 0 aliphatic rings. The van der Waals surface area contributed by atoms with E-state index < -0.39 is 0 Å². The second kappa shape index (κ2) is 36.3. The molecule has 0 atom stereocenters. The average Bonchev–Trinajstić information content (AvgIpc) is 3.09. The number of rotatable bonds is 36. The molecule has 0 unspecified atom stereocenters. The zero-order valence-corrected chi connectivity index (χ0v) is 29.3. The molecule has 49 heavy (non-hydrogen) atoms. The zero-order chi connectivity index (χ0) is 36.0. The van der Waals surface area contributed by atoms with Gasteiger partial charge >= 0.3 is 0 Å². The molecule has 0 aromatic carbocycles. The lowest BCUT2D eigenvalue weighted by molar-refractivity contribution is -0.128. The van der Waals surface area contributed by atoms with Gasteiger partial charge in [-0.15, -0.1) is 0 Å². The van der Waals surface area contributed by atoms with E-state index in [1.54, 1.807) is 6.92 Å². The standard InChI is InChI=1S/C31H59N5O13/c1-3-5-6-32-28(38)23-46-19-16-43-12-8-34-30(40)25-48-21-18-45-14-10-36-31(41)26-49-22-17-44-13-9-35-29(39)24-47-20-15-42-11-7-33-27(37)4-2/h3-26H2,1-2H3,(H,32,38)(H,33,37)(H,34,40)(H,35,39)(H,36,41). The van der Waals surface area contributed by atoms with Gasteiger partial charge in [-0.1, -0.05) is 20.3 Å². The number of carbonyl (C=O) groups is 5. The summed E-state index contributed by atoms with van der Waals surface area (Å²) in [5.41, 5.74) is 0. The molecule has 0 aliphatic heterocycles. The first kappa shape index (κ1) is 46.0. The molecule has 0 saturated heterocycles. The van der Waals surface area contributed by atoms with Gasteiger partial charge in [-0.25, -0.2) is 0 Å². The third-order valence-corrected chi connectivity index (χ3v) is 5.87. The molecule has 0 aromatic heterocycles. The van der Waals surface area contributed by atoms with Crippen LogP contribution in [0, 0.1) is 0 Å². The fourth-order valence-corrected chi connectivity index (χ4v) is 3.32. The van der Waals surface area contributed by atoms with E-state index in [1.165, 1.54) is 0 Å². The molecule has 0 aromatic rings. The van der Waals surface area contributed by atoms with Gasteiger partial charge in [0.05, 0.1) is 79.3 Å². The lowest BCUT2D eigenvalue weighted by Gasteiger charge is -2.09. The van der Waals surface area contributed by atoms with Crippen LogP contribution >= 0.6 is 0 Å². The third-order valence-electron chi connectivity index (χ3n) is 5.87. The first-order chi connectivity index (χ1) is 23.9. The largest absolute Gasteiger partial charge is 0.377 e. The molecule has 18 nitrogen and oxygen atoms in total. The Kier molecular flexibility index (Phi) is 34.1. The highest BCUT2D eigenvalue weighted by Crippen LogP contribution is 1.86. The third kappa shape index (κ3) is 36.1. The highest BCUT2D eigenvalue weighted by molar-refractivity contribution is 5.78. The topological polar surface area (TPSA) is 219 Å². The number of hydrogen-bond donors (Lipinski definition) is 5. The van der Waals surface area contributed by atoms with Gasteiger partial charge in [0.2, 0.25) is 29.5 Å². The van der Waals surface area contributed by atoms with E-state index in [1.807, 2.05) is 0 Å². The Balaban J connectivity index is 3.36. The number of carbonyl (C=O) groups excluding carboxylic acids is 5. The van der Waals surface area contributed by atoms with E-state index in [4.69, 9.17) is 37.9 Å². The van der Waals surface area contributed by atoms with Gasteiger partial charge in [-0.3, -0.25) is 24.0 Å². The van der Waals surface area contributed by atoms with Crippen LogP contribution in [0.25, 0.3) is 0 Å². The second-order valence-corrected chi connectivity index (χ2v) is 10.1. The number of ether oxygens (including phenoxy) is 8. The van der Waals surface area contributed by atoms with Gasteiger partial charge in [-0.2, -0.15) is 0 Å². The summed E-state index contributed by atoms with van der Waals surface area (Å²) >= 11 is 0. The van der Waals surface area contributed by atoms with Crippen LogP contribution in [0.2, 0.25) is 0 Å². The normalized spacial score (nSPS) is 10.8. The Hall–Kier alpha value is -2.97. The molecular formula is C31H59N5O13. The van der Waals surface area contributed by atoms with Gasteiger partial charge < -0.3 is 64.5 Å². The fourth-order valence-electron chi connectivity index (χ4n) is 3.32. The summed E-state index contributed by atoms with van der Waals surface area (Å²) in [5, 5.41) is 13.4. The van der Waals surface area contributed by atoms with Crippen molar-refractivity contribution in [1.82, 2.24) is 26.6 Å². The molecule has 0 spiro atoms. The zero-order valence-electron chi connectivity index (χ0n) is 29.3. The van der Waals surface area contributed by atoms with Gasteiger partial charge in [0, 0.05) is 39.1 Å². The maximum atomic E-state index is 11.8. The van der Waals surface area contributed by atoms with E-state index in [0.717, 1.165) is 12.8 Å². The van der Waals surface area contributed by atoms with Crippen LogP contribution in [0.3, 0.4) is 0 Å². The number of hydrogen-bond acceptors (Lipinski definition) is 13. The van der Waals surface area contributed by atoms with Crippen molar-refractivity contribution in [2.24, 2.45) is 0 Å². The van der Waals surface area contributed by atoms with E-state index >= 15 is 0 Å². The van der Waals surface area contributed by atoms with Gasteiger partial charge in [-0.05, 0) is 6.42 Å². The molecule has 0 aliphatic carbocycles. The maximum Gasteiger partial charge on any atom is 0.246 e. The summed E-state index contributed by atoms with van der Waals surface area (Å²) in [4.78, 5) is 57.8. The van der Waals surface area contributed by atoms with Crippen LogP contribution in [0.4, 0.5) is 0 Å². The molecule has 0 bridgehead atoms. The predicted molar refractivity (Wildman–Crippen MR) is 177 cm³/mol. The van der Waals surface area contributed by atoms with Crippen LogP contribution in [0.1, 0.15) is 33.1 Å². The minimum Gasteiger partial charge on any atom is -0.377 e. The quantitative estimate of drug-likeness (QED) is 0.0442. The average molecular weight is 710 g/mol. The molecule has 0 fully saturated rings. The highest BCUT2D eigenvalue weighted by Gasteiger charge is 2.04. The lowest BCUT2D eigenvalue weighted by Crippen LogP contribution is -2.32. The summed E-state index contributed by atoms with van der Waals surface area (Å²) in [5.74, 6) is -1.02. The van der Waals surface area contributed by atoms with Crippen LogP contribution < -0.4 is 26.6 Å². The Morgan fingerprint density at radius 3 is 0.898 bits per heavy atom. The predicted octanol–water partition coefficient (Wildman–Crippen LogP) is -2.09. The Bertz CT molecular complexity index is 855. The van der Waals surface area contributed by atoms with E-state index in [0.29, 0.717) is 65.6 Å². The van der Waals surface area contributed by atoms with E-state index in [-0.39, 0.29) is 109 Å². The Morgan fingerprint density at radius 1 is 0.347 bits per heavy atom. The Labute approximate surface area is 289 Å². The minimum atomic E-state index is -0.292. The van der Waals surface area contributed by atoms with E-state index in [2.05, 4.69) is 33.5 Å². The molecule has 0 rings (SSSR count). The summed E-state index contributed by atoms with van der Waals surface area (Å²) in [6.45, 7) is 8.95. The number of unbranched alkanes of at least 4 members (excludes halogenated alkanes) is 1. The summed E-state index contributed by atoms with van der Waals surface area (Å²) in [6, 6.07) is 0. The molecule has 0 radical (unpaired) electrons. The summed E-state index contributed by atoms with van der Waals surface area (Å²) in [7, 11) is 0. The van der Waals surface area contributed by atoms with Crippen molar-refractivity contribution in [1.29, 1.82) is 0 Å². The molecule has 18 heteroatoms. The van der Waals surface area contributed by atoms with Crippen LogP contribution in [0.15, 0.2) is 0 Å². The summed E-state index contributed by atoms with van der Waals surface area (Å²) in [6.07, 6.45) is 2.39. The number of amides is 5. The first-order valence-corrected chi connectivity index (χ1v) is 16.8. The van der Waals surface area contributed by atoms with Gasteiger partial charge in [0.15, 0.2) is 0 Å². The molecular weight excluding hydrogens is 650 g/mol. The van der Waals surface area contributed by atoms with E-state index in [9.17, 15) is 24.0 Å². The van der Waals surface area contributed by atoms with Crippen molar-refractivity contribution in [2.75, 3.05) is 138 Å². The van der Waals surface area contributed by atoms with Crippen LogP contribution in [0.5, 0.6) is 0 Å². The van der Waals surface area contributed by atoms with Gasteiger partial charge in [0.25, 0.3) is 0 Å². The summed E-state index contributed by atoms with van der Waals surface area (Å²) < 4.78 is 42.3. The monoisotopic (exact) mass is 709 g/mol. The smallest absolute Gasteiger partial charge is 0.246 e. The molecule has 286 valence electrons. The van der Waals surface area contributed by atoms with Crippen LogP contribution in [-0.4, -0.2) is 168 Å².